The molecule has 5 nitrogen and oxygen atoms in total. The van der Waals surface area contributed by atoms with Gasteiger partial charge < -0.3 is 14.7 Å². The first-order chi connectivity index (χ1) is 10.2. The number of rotatable bonds is 7. The molecule has 1 aliphatic heterocycles. The quantitative estimate of drug-likeness (QED) is 0.829. The van der Waals surface area contributed by atoms with E-state index in [0.29, 0.717) is 0 Å². The van der Waals surface area contributed by atoms with Crippen LogP contribution in [-0.2, 0) is 13.1 Å². The molecule has 0 radical (unpaired) electrons. The molecule has 21 heavy (non-hydrogen) atoms. The molecule has 0 aromatic carbocycles. The maximum atomic E-state index is 5.45. The second-order valence-corrected chi connectivity index (χ2v) is 6.88. The van der Waals surface area contributed by atoms with Crippen molar-refractivity contribution in [3.63, 3.8) is 0 Å². The summed E-state index contributed by atoms with van der Waals surface area (Å²) in [6.45, 7) is 5.33. The molecule has 2 heterocycles. The van der Waals surface area contributed by atoms with Gasteiger partial charge in [0.15, 0.2) is 5.76 Å². The molecule has 1 N–H and O–H groups in total. The number of hydrogen-bond donors (Lipinski definition) is 1. The molecule has 0 atom stereocenters. The fraction of sp³-hybridized carbons (Fsp3) is 0.812. The molecule has 5 heteroatoms. The lowest BCUT2D eigenvalue weighted by atomic mass is 9.97. The summed E-state index contributed by atoms with van der Waals surface area (Å²) in [5, 5.41) is 7.62. The first kappa shape index (κ1) is 15.0. The van der Waals surface area contributed by atoms with Crippen LogP contribution in [0.3, 0.4) is 0 Å². The molecule has 1 saturated heterocycles. The second kappa shape index (κ2) is 6.90. The van der Waals surface area contributed by atoms with Gasteiger partial charge in [-0.2, -0.15) is 0 Å². The summed E-state index contributed by atoms with van der Waals surface area (Å²) in [6.07, 6.45) is 5.25. The van der Waals surface area contributed by atoms with Gasteiger partial charge in [0.25, 0.3) is 0 Å². The predicted octanol–water partition coefficient (Wildman–Crippen LogP) is 1.70. The molecule has 2 aliphatic rings. The van der Waals surface area contributed by atoms with E-state index in [-0.39, 0.29) is 0 Å². The summed E-state index contributed by atoms with van der Waals surface area (Å²) in [5.41, 5.74) is 1.03. The summed E-state index contributed by atoms with van der Waals surface area (Å²) >= 11 is 0. The van der Waals surface area contributed by atoms with Crippen molar-refractivity contribution in [3.05, 3.63) is 17.5 Å². The van der Waals surface area contributed by atoms with Gasteiger partial charge in [-0.3, -0.25) is 4.90 Å². The molecule has 0 bridgehead atoms. The third kappa shape index (κ3) is 4.80. The zero-order chi connectivity index (χ0) is 14.7. The van der Waals surface area contributed by atoms with E-state index in [0.717, 1.165) is 43.0 Å². The predicted molar refractivity (Wildman–Crippen MR) is 82.9 cm³/mol. The standard InChI is InChI=1S/C16H28N4O/c1-19-7-5-13(6-8-19)11-20(2)12-16-9-15(18-21-16)10-17-14-3-4-14/h9,13-14,17H,3-8,10-12H2,1-2H3. The summed E-state index contributed by atoms with van der Waals surface area (Å²) in [7, 11) is 4.40. The largest absolute Gasteiger partial charge is 0.360 e. The van der Waals surface area contributed by atoms with Gasteiger partial charge in [0.2, 0.25) is 0 Å². The van der Waals surface area contributed by atoms with E-state index >= 15 is 0 Å². The monoisotopic (exact) mass is 292 g/mol. The fourth-order valence-electron chi connectivity index (χ4n) is 3.07. The van der Waals surface area contributed by atoms with Gasteiger partial charge >= 0.3 is 0 Å². The van der Waals surface area contributed by atoms with E-state index in [1.165, 1.54) is 38.8 Å². The highest BCUT2D eigenvalue weighted by molar-refractivity contribution is 5.05. The van der Waals surface area contributed by atoms with Crippen molar-refractivity contribution in [2.24, 2.45) is 5.92 Å². The average molecular weight is 292 g/mol. The lowest BCUT2D eigenvalue weighted by Crippen LogP contribution is -2.35. The van der Waals surface area contributed by atoms with E-state index in [1.54, 1.807) is 0 Å². The maximum Gasteiger partial charge on any atom is 0.151 e. The highest BCUT2D eigenvalue weighted by Gasteiger charge is 2.21. The molecular weight excluding hydrogens is 264 g/mol. The minimum Gasteiger partial charge on any atom is -0.360 e. The van der Waals surface area contributed by atoms with Gasteiger partial charge in [0.1, 0.15) is 0 Å². The Hall–Kier alpha value is -0.910. The zero-order valence-electron chi connectivity index (χ0n) is 13.3. The molecule has 0 unspecified atom stereocenters. The Labute approximate surface area is 127 Å². The van der Waals surface area contributed by atoms with Gasteiger partial charge in [-0.1, -0.05) is 5.16 Å². The molecule has 1 aliphatic carbocycles. The van der Waals surface area contributed by atoms with Crippen molar-refractivity contribution in [1.29, 1.82) is 0 Å². The van der Waals surface area contributed by atoms with E-state index < -0.39 is 0 Å². The van der Waals surface area contributed by atoms with Crippen LogP contribution in [-0.4, -0.2) is 54.7 Å². The molecule has 1 aromatic heterocycles. The SMILES string of the molecule is CN1CCC(CN(C)Cc2cc(CNC3CC3)no2)CC1. The van der Waals surface area contributed by atoms with Gasteiger partial charge in [-0.05, 0) is 58.8 Å². The average Bonchev–Trinajstić information content (AvgIpc) is 3.19. The van der Waals surface area contributed by atoms with Crippen molar-refractivity contribution in [2.75, 3.05) is 33.7 Å². The summed E-state index contributed by atoms with van der Waals surface area (Å²) in [5.74, 6) is 1.81. The number of piperidine rings is 1. The minimum atomic E-state index is 0.720. The van der Waals surface area contributed by atoms with Crippen LogP contribution in [0.15, 0.2) is 10.6 Å². The van der Waals surface area contributed by atoms with Gasteiger partial charge in [0, 0.05) is 25.2 Å². The topological polar surface area (TPSA) is 44.5 Å². The van der Waals surface area contributed by atoms with Crippen LogP contribution in [0.4, 0.5) is 0 Å². The molecule has 1 aromatic rings. The second-order valence-electron chi connectivity index (χ2n) is 6.88. The highest BCUT2D eigenvalue weighted by atomic mass is 16.5. The number of likely N-dealkylation sites (tertiary alicyclic amines) is 1. The summed E-state index contributed by atoms with van der Waals surface area (Å²) < 4.78 is 5.45. The molecule has 118 valence electrons. The fourth-order valence-corrected chi connectivity index (χ4v) is 3.07. The van der Waals surface area contributed by atoms with Crippen LogP contribution in [0.2, 0.25) is 0 Å². The summed E-state index contributed by atoms with van der Waals surface area (Å²) in [6, 6.07) is 2.82. The van der Waals surface area contributed by atoms with Gasteiger partial charge in [-0.15, -0.1) is 0 Å². The Morgan fingerprint density at radius 1 is 1.33 bits per heavy atom. The van der Waals surface area contributed by atoms with Gasteiger partial charge in [-0.25, -0.2) is 0 Å². The molecule has 3 rings (SSSR count). The minimum absolute atomic E-state index is 0.720. The summed E-state index contributed by atoms with van der Waals surface area (Å²) in [4.78, 5) is 4.79. The van der Waals surface area contributed by atoms with Gasteiger partial charge in [0.05, 0.1) is 12.2 Å². The van der Waals surface area contributed by atoms with Crippen molar-refractivity contribution >= 4 is 0 Å². The molecule has 2 fully saturated rings. The van der Waals surface area contributed by atoms with Crippen molar-refractivity contribution < 1.29 is 4.52 Å². The van der Waals surface area contributed by atoms with Crippen LogP contribution in [0.1, 0.15) is 37.1 Å². The third-order valence-corrected chi connectivity index (χ3v) is 4.59. The zero-order valence-corrected chi connectivity index (χ0v) is 13.3. The van der Waals surface area contributed by atoms with Crippen molar-refractivity contribution in [1.82, 2.24) is 20.3 Å². The normalized spacial score (nSPS) is 21.3. The van der Waals surface area contributed by atoms with Crippen LogP contribution < -0.4 is 5.32 Å². The van der Waals surface area contributed by atoms with Crippen LogP contribution >= 0.6 is 0 Å². The van der Waals surface area contributed by atoms with E-state index in [9.17, 15) is 0 Å². The number of aromatic nitrogens is 1. The molecule has 0 spiro atoms. The Morgan fingerprint density at radius 3 is 2.81 bits per heavy atom. The van der Waals surface area contributed by atoms with Crippen molar-refractivity contribution in [3.8, 4) is 0 Å². The highest BCUT2D eigenvalue weighted by Crippen LogP contribution is 2.20. The Morgan fingerprint density at radius 2 is 2.10 bits per heavy atom. The van der Waals surface area contributed by atoms with E-state index in [1.807, 2.05) is 0 Å². The smallest absolute Gasteiger partial charge is 0.151 e. The number of hydrogen-bond acceptors (Lipinski definition) is 5. The third-order valence-electron chi connectivity index (χ3n) is 4.59. The Kier molecular flexibility index (Phi) is 4.93. The first-order valence-electron chi connectivity index (χ1n) is 8.24. The van der Waals surface area contributed by atoms with E-state index in [2.05, 4.69) is 40.4 Å². The van der Waals surface area contributed by atoms with Crippen LogP contribution in [0.25, 0.3) is 0 Å². The molecule has 1 saturated carbocycles. The lowest BCUT2D eigenvalue weighted by molar-refractivity contribution is 0.166. The lowest BCUT2D eigenvalue weighted by Gasteiger charge is -2.31. The van der Waals surface area contributed by atoms with Crippen LogP contribution in [0, 0.1) is 5.92 Å². The number of nitrogens with one attached hydrogen (secondary N) is 1. The van der Waals surface area contributed by atoms with Crippen molar-refractivity contribution in [2.45, 2.75) is 44.8 Å². The van der Waals surface area contributed by atoms with E-state index in [4.69, 9.17) is 4.52 Å². The Bertz CT molecular complexity index is 435. The molecule has 0 amide bonds. The Balaban J connectivity index is 1.40. The molecular formula is C16H28N4O. The first-order valence-corrected chi connectivity index (χ1v) is 8.24. The van der Waals surface area contributed by atoms with Crippen LogP contribution in [0.5, 0.6) is 0 Å². The maximum absolute atomic E-state index is 5.45. The number of nitrogens with zero attached hydrogens (tertiary/aromatic N) is 3.